The first kappa shape index (κ1) is 25.6. The number of piperidine rings is 1. The minimum absolute atomic E-state index is 0.0231. The quantitative estimate of drug-likeness (QED) is 0.239. The van der Waals surface area contributed by atoms with Crippen LogP contribution in [-0.2, 0) is 6.42 Å². The van der Waals surface area contributed by atoms with Gasteiger partial charge >= 0.3 is 0 Å². The molecule has 0 spiro atoms. The first-order valence-corrected chi connectivity index (χ1v) is 12.8. The maximum absolute atomic E-state index is 13.2. The highest BCUT2D eigenvalue weighted by molar-refractivity contribution is 6.02. The van der Waals surface area contributed by atoms with Crippen LogP contribution in [0.3, 0.4) is 0 Å². The fourth-order valence-corrected chi connectivity index (χ4v) is 5.86. The Labute approximate surface area is 212 Å². The first-order chi connectivity index (χ1) is 17.2. The van der Waals surface area contributed by atoms with E-state index in [4.69, 9.17) is 22.3 Å². The number of nitrogens with two attached hydrogens (primary N) is 2. The Morgan fingerprint density at radius 3 is 2.42 bits per heavy atom. The summed E-state index contributed by atoms with van der Waals surface area (Å²) in [6, 6.07) is 12.2. The lowest BCUT2D eigenvalue weighted by Crippen LogP contribution is -2.48. The number of fused-ring (bicyclic) bond motifs is 1. The normalized spacial score (nSPS) is 19.3. The number of H-pyrrole nitrogens is 1. The van der Waals surface area contributed by atoms with Gasteiger partial charge in [-0.2, -0.15) is 0 Å². The van der Waals surface area contributed by atoms with Crippen LogP contribution < -0.4 is 17.0 Å². The van der Waals surface area contributed by atoms with Gasteiger partial charge in [0.2, 0.25) is 0 Å². The number of nitrogens with one attached hydrogen (secondary N) is 3. The summed E-state index contributed by atoms with van der Waals surface area (Å²) in [5.41, 5.74) is 15.2. The molecule has 3 atom stereocenters. The van der Waals surface area contributed by atoms with E-state index in [9.17, 15) is 4.79 Å². The number of aryl methyl sites for hydroxylation is 1. The molecule has 8 heteroatoms. The summed E-state index contributed by atoms with van der Waals surface area (Å²) in [6.45, 7) is 6.95. The molecule has 0 saturated carbocycles. The second-order valence-electron chi connectivity index (χ2n) is 10.1. The van der Waals surface area contributed by atoms with Gasteiger partial charge in [-0.25, -0.2) is 4.98 Å². The van der Waals surface area contributed by atoms with Crippen molar-refractivity contribution in [1.29, 1.82) is 10.8 Å². The minimum Gasteiger partial charge on any atom is -0.384 e. The number of amidine groups is 2. The molecule has 1 aliphatic heterocycles. The van der Waals surface area contributed by atoms with Crippen molar-refractivity contribution < 1.29 is 0 Å². The Balaban J connectivity index is 1.67. The second kappa shape index (κ2) is 10.6. The van der Waals surface area contributed by atoms with Crippen LogP contribution in [0.15, 0.2) is 41.2 Å². The molecule has 1 saturated heterocycles. The fraction of sp³-hybridized carbons (Fsp3) is 0.429. The van der Waals surface area contributed by atoms with Gasteiger partial charge in [-0.1, -0.05) is 30.7 Å². The van der Waals surface area contributed by atoms with E-state index >= 15 is 0 Å². The number of benzene rings is 2. The molecule has 0 bridgehead atoms. The number of nitrogen functional groups attached to an aromatic ring is 2. The number of likely N-dealkylation sites (tertiary alicyclic amines) is 1. The van der Waals surface area contributed by atoms with E-state index in [0.29, 0.717) is 52.3 Å². The molecule has 1 fully saturated rings. The molecule has 1 aliphatic rings. The van der Waals surface area contributed by atoms with E-state index in [1.165, 1.54) is 19.3 Å². The van der Waals surface area contributed by atoms with Gasteiger partial charge in [0.05, 0.1) is 11.0 Å². The minimum atomic E-state index is -0.359. The smallest absolute Gasteiger partial charge is 0.274 e. The third kappa shape index (κ3) is 5.04. The van der Waals surface area contributed by atoms with Crippen LogP contribution >= 0.6 is 0 Å². The molecule has 3 unspecified atom stereocenters. The first-order valence-electron chi connectivity index (χ1n) is 12.8. The Bertz CT molecular complexity index is 1340. The fourth-order valence-electron chi connectivity index (χ4n) is 5.86. The van der Waals surface area contributed by atoms with Crippen molar-refractivity contribution in [3.05, 3.63) is 63.4 Å². The number of hydrogen-bond donors (Lipinski definition) is 5. The summed E-state index contributed by atoms with van der Waals surface area (Å²) in [4.78, 5) is 23.5. The molecule has 2 heterocycles. The molecule has 0 aliphatic carbocycles. The third-order valence-corrected chi connectivity index (χ3v) is 7.56. The van der Waals surface area contributed by atoms with E-state index < -0.39 is 0 Å². The second-order valence-corrected chi connectivity index (χ2v) is 10.1. The maximum atomic E-state index is 13.2. The number of rotatable bonds is 8. The molecule has 0 radical (unpaired) electrons. The van der Waals surface area contributed by atoms with Crippen molar-refractivity contribution in [3.63, 3.8) is 0 Å². The lowest BCUT2D eigenvalue weighted by atomic mass is 9.93. The SMILES string of the molecule is CC(CCCc1c(C(=N)N)ccc2nc(-c3ccccc3C(=N)N)c(=O)[nH]c12)N1C(C)CCCC1C. The van der Waals surface area contributed by atoms with Crippen molar-refractivity contribution >= 4 is 22.7 Å². The van der Waals surface area contributed by atoms with Crippen molar-refractivity contribution in [2.24, 2.45) is 11.5 Å². The van der Waals surface area contributed by atoms with E-state index in [0.717, 1.165) is 18.4 Å². The van der Waals surface area contributed by atoms with E-state index in [1.54, 1.807) is 30.3 Å². The van der Waals surface area contributed by atoms with Gasteiger partial charge in [0, 0.05) is 34.8 Å². The lowest BCUT2D eigenvalue weighted by Gasteiger charge is -2.43. The van der Waals surface area contributed by atoms with Crippen LogP contribution in [0.4, 0.5) is 0 Å². The van der Waals surface area contributed by atoms with Gasteiger partial charge in [-0.3, -0.25) is 20.5 Å². The van der Waals surface area contributed by atoms with Crippen LogP contribution in [0.1, 0.15) is 69.6 Å². The monoisotopic (exact) mass is 487 g/mol. The van der Waals surface area contributed by atoms with Crippen molar-refractivity contribution in [2.75, 3.05) is 0 Å². The van der Waals surface area contributed by atoms with Gasteiger partial charge < -0.3 is 16.5 Å². The molecule has 8 nitrogen and oxygen atoms in total. The predicted octanol–water partition coefficient (Wildman–Crippen LogP) is 4.13. The molecule has 7 N–H and O–H groups in total. The Morgan fingerprint density at radius 2 is 1.75 bits per heavy atom. The highest BCUT2D eigenvalue weighted by atomic mass is 16.1. The predicted molar refractivity (Wildman–Crippen MR) is 147 cm³/mol. The summed E-state index contributed by atoms with van der Waals surface area (Å²) in [7, 11) is 0. The number of hydrogen-bond acceptors (Lipinski definition) is 5. The molecular formula is C28H37N7O. The van der Waals surface area contributed by atoms with E-state index in [-0.39, 0.29) is 22.9 Å². The zero-order chi connectivity index (χ0) is 26.0. The van der Waals surface area contributed by atoms with Gasteiger partial charge in [-0.05, 0) is 70.6 Å². The third-order valence-electron chi connectivity index (χ3n) is 7.56. The molecular weight excluding hydrogens is 450 g/mol. The molecule has 190 valence electrons. The van der Waals surface area contributed by atoms with E-state index in [2.05, 4.69) is 35.6 Å². The largest absolute Gasteiger partial charge is 0.384 e. The van der Waals surface area contributed by atoms with Crippen molar-refractivity contribution in [1.82, 2.24) is 14.9 Å². The van der Waals surface area contributed by atoms with Gasteiger partial charge in [0.1, 0.15) is 17.4 Å². The van der Waals surface area contributed by atoms with Crippen molar-refractivity contribution in [2.45, 2.75) is 77.4 Å². The van der Waals surface area contributed by atoms with Crippen LogP contribution in [0.25, 0.3) is 22.3 Å². The zero-order valence-corrected chi connectivity index (χ0v) is 21.4. The average molecular weight is 488 g/mol. The summed E-state index contributed by atoms with van der Waals surface area (Å²) >= 11 is 0. The zero-order valence-electron chi connectivity index (χ0n) is 21.4. The maximum Gasteiger partial charge on any atom is 0.274 e. The lowest BCUT2D eigenvalue weighted by molar-refractivity contribution is 0.0580. The Morgan fingerprint density at radius 1 is 1.08 bits per heavy atom. The van der Waals surface area contributed by atoms with Crippen LogP contribution in [0.2, 0.25) is 0 Å². The number of nitrogens with zero attached hydrogens (tertiary/aromatic N) is 2. The summed E-state index contributed by atoms with van der Waals surface area (Å²) in [5, 5.41) is 16.0. The molecule has 3 aromatic rings. The number of aromatic amines is 1. The average Bonchev–Trinajstić information content (AvgIpc) is 2.83. The number of aromatic nitrogens is 2. The van der Waals surface area contributed by atoms with Crippen LogP contribution in [-0.4, -0.2) is 44.7 Å². The summed E-state index contributed by atoms with van der Waals surface area (Å²) < 4.78 is 0. The molecule has 36 heavy (non-hydrogen) atoms. The van der Waals surface area contributed by atoms with Gasteiger partial charge in [-0.15, -0.1) is 0 Å². The summed E-state index contributed by atoms with van der Waals surface area (Å²) in [6.07, 6.45) is 6.40. The summed E-state index contributed by atoms with van der Waals surface area (Å²) in [5.74, 6) is -0.143. The van der Waals surface area contributed by atoms with Gasteiger partial charge in [0.25, 0.3) is 5.56 Å². The highest BCUT2D eigenvalue weighted by Crippen LogP contribution is 2.28. The molecule has 2 aromatic carbocycles. The van der Waals surface area contributed by atoms with E-state index in [1.807, 2.05) is 6.07 Å². The van der Waals surface area contributed by atoms with Crippen molar-refractivity contribution in [3.8, 4) is 11.3 Å². The molecule has 0 amide bonds. The van der Waals surface area contributed by atoms with Crippen LogP contribution in [0.5, 0.6) is 0 Å². The standard InChI is InChI=1S/C28H37N7O/c1-16-8-6-9-17(2)35(16)18(3)10-7-13-19-22(27(31)32)14-15-23-24(19)34-28(36)25(33-23)20-11-4-5-12-21(20)26(29)30/h4-5,11-12,14-18H,6-10,13H2,1-3H3,(H3,29,30)(H3,31,32)(H,34,36). The Hall–Kier alpha value is -3.52. The topological polar surface area (TPSA) is 149 Å². The van der Waals surface area contributed by atoms with Crippen LogP contribution in [0, 0.1) is 10.8 Å². The molecule has 1 aromatic heterocycles. The highest BCUT2D eigenvalue weighted by Gasteiger charge is 2.28. The molecule has 4 rings (SSSR count). The Kier molecular flexibility index (Phi) is 7.54. The van der Waals surface area contributed by atoms with Gasteiger partial charge in [0.15, 0.2) is 0 Å².